The fraction of sp³-hybridized carbons (Fsp3) is 0.357. The van der Waals surface area contributed by atoms with E-state index >= 15 is 0 Å². The molecule has 0 saturated carbocycles. The minimum atomic E-state index is -0.870. The summed E-state index contributed by atoms with van der Waals surface area (Å²) in [6.45, 7) is 1.78. The summed E-state index contributed by atoms with van der Waals surface area (Å²) in [5.74, 6) is -0.870. The number of morpholine rings is 1. The number of benzene rings is 1. The zero-order valence-corrected chi connectivity index (χ0v) is 11.4. The molecule has 0 amide bonds. The second-order valence-electron chi connectivity index (χ2n) is 4.89. The molecule has 1 aliphatic heterocycles. The van der Waals surface area contributed by atoms with Gasteiger partial charge in [0.05, 0.1) is 30.8 Å². The van der Waals surface area contributed by atoms with Crippen LogP contribution in [0, 0.1) is 0 Å². The van der Waals surface area contributed by atoms with Crippen LogP contribution < -0.4 is 0 Å². The maximum Gasteiger partial charge on any atom is 0.323 e. The van der Waals surface area contributed by atoms with E-state index in [0.29, 0.717) is 19.7 Å². The van der Waals surface area contributed by atoms with Crippen molar-refractivity contribution in [3.63, 3.8) is 0 Å². The van der Waals surface area contributed by atoms with Crippen LogP contribution in [0.15, 0.2) is 36.5 Å². The molecular weight excluding hydrogens is 272 g/mol. The van der Waals surface area contributed by atoms with E-state index in [4.69, 9.17) is 4.74 Å². The molecule has 0 aliphatic carbocycles. The van der Waals surface area contributed by atoms with Crippen LogP contribution in [-0.4, -0.2) is 56.8 Å². The van der Waals surface area contributed by atoms with Crippen LogP contribution in [0.1, 0.15) is 5.69 Å². The highest BCUT2D eigenvalue weighted by Crippen LogP contribution is 2.12. The van der Waals surface area contributed by atoms with E-state index in [0.717, 1.165) is 11.4 Å². The van der Waals surface area contributed by atoms with E-state index in [9.17, 15) is 9.90 Å². The molecule has 0 bridgehead atoms. The van der Waals surface area contributed by atoms with Crippen molar-refractivity contribution in [3.05, 3.63) is 42.2 Å². The first-order valence-corrected chi connectivity index (χ1v) is 6.75. The lowest BCUT2D eigenvalue weighted by atomic mass is 10.2. The number of hydrogen-bond donors (Lipinski definition) is 1. The van der Waals surface area contributed by atoms with Gasteiger partial charge in [-0.05, 0) is 12.1 Å². The summed E-state index contributed by atoms with van der Waals surface area (Å²) in [6.07, 6.45) is 1.82. The average molecular weight is 288 g/mol. The highest BCUT2D eigenvalue weighted by Gasteiger charge is 2.29. The van der Waals surface area contributed by atoms with Gasteiger partial charge in [0.2, 0.25) is 0 Å². The smallest absolute Gasteiger partial charge is 0.323 e. The number of aliphatic carboxylic acids is 1. The standard InChI is InChI=1S/C14H16N4O3/c19-14(20)13-10-21-7-6-17(13)8-11-9-18(16-15-11)12-4-2-1-3-5-12/h1-5,9,13H,6-8,10H2,(H,19,20)/t13-/m1/s1. The minimum Gasteiger partial charge on any atom is -0.480 e. The number of hydrogen-bond acceptors (Lipinski definition) is 5. The molecule has 2 aromatic rings. The Balaban J connectivity index is 1.73. The van der Waals surface area contributed by atoms with Crippen molar-refractivity contribution in [2.75, 3.05) is 19.8 Å². The number of nitrogens with zero attached hydrogens (tertiary/aromatic N) is 4. The van der Waals surface area contributed by atoms with Gasteiger partial charge < -0.3 is 9.84 Å². The van der Waals surface area contributed by atoms with Gasteiger partial charge in [0, 0.05) is 13.1 Å². The van der Waals surface area contributed by atoms with Crippen molar-refractivity contribution in [3.8, 4) is 5.69 Å². The van der Waals surface area contributed by atoms with Crippen LogP contribution in [0.3, 0.4) is 0 Å². The number of ether oxygens (including phenoxy) is 1. The molecule has 110 valence electrons. The van der Waals surface area contributed by atoms with Crippen LogP contribution in [0.25, 0.3) is 5.69 Å². The summed E-state index contributed by atoms with van der Waals surface area (Å²) in [4.78, 5) is 13.1. The fourth-order valence-corrected chi connectivity index (χ4v) is 2.34. The zero-order chi connectivity index (χ0) is 14.7. The molecule has 1 aliphatic rings. The molecule has 1 aromatic carbocycles. The van der Waals surface area contributed by atoms with Crippen molar-refractivity contribution in [1.82, 2.24) is 19.9 Å². The summed E-state index contributed by atoms with van der Waals surface area (Å²) < 4.78 is 6.91. The van der Waals surface area contributed by atoms with Crippen LogP contribution in [0.2, 0.25) is 0 Å². The Labute approximate surface area is 121 Å². The molecule has 21 heavy (non-hydrogen) atoms. The number of carboxylic acid groups (broad SMARTS) is 1. The summed E-state index contributed by atoms with van der Waals surface area (Å²) >= 11 is 0. The van der Waals surface area contributed by atoms with Gasteiger partial charge in [-0.1, -0.05) is 23.4 Å². The SMILES string of the molecule is O=C(O)[C@H]1COCCN1Cc1cn(-c2ccccc2)nn1. The molecule has 7 heteroatoms. The average Bonchev–Trinajstić information content (AvgIpc) is 2.97. The lowest BCUT2D eigenvalue weighted by Crippen LogP contribution is -2.49. The van der Waals surface area contributed by atoms with E-state index < -0.39 is 12.0 Å². The van der Waals surface area contributed by atoms with Gasteiger partial charge in [0.25, 0.3) is 0 Å². The second-order valence-corrected chi connectivity index (χ2v) is 4.89. The summed E-state index contributed by atoms with van der Waals surface area (Å²) in [6, 6.07) is 9.05. The highest BCUT2D eigenvalue weighted by molar-refractivity contribution is 5.73. The summed E-state index contributed by atoms with van der Waals surface area (Å²) in [5, 5.41) is 17.4. The largest absolute Gasteiger partial charge is 0.480 e. The molecule has 7 nitrogen and oxygen atoms in total. The third-order valence-electron chi connectivity index (χ3n) is 3.45. The zero-order valence-electron chi connectivity index (χ0n) is 11.4. The van der Waals surface area contributed by atoms with E-state index in [-0.39, 0.29) is 6.61 Å². The molecule has 0 spiro atoms. The van der Waals surface area contributed by atoms with E-state index in [1.165, 1.54) is 0 Å². The Morgan fingerprint density at radius 3 is 2.95 bits per heavy atom. The quantitative estimate of drug-likeness (QED) is 0.885. The summed E-state index contributed by atoms with van der Waals surface area (Å²) in [5.41, 5.74) is 1.67. The Morgan fingerprint density at radius 1 is 1.38 bits per heavy atom. The van der Waals surface area contributed by atoms with E-state index in [1.54, 1.807) is 4.68 Å². The molecule has 1 fully saturated rings. The van der Waals surface area contributed by atoms with Crippen molar-refractivity contribution in [1.29, 1.82) is 0 Å². The normalized spacial score (nSPS) is 19.5. The molecule has 0 unspecified atom stereocenters. The van der Waals surface area contributed by atoms with Gasteiger partial charge in [0.1, 0.15) is 6.04 Å². The van der Waals surface area contributed by atoms with Crippen LogP contribution in [0.4, 0.5) is 0 Å². The number of rotatable bonds is 4. The Hall–Kier alpha value is -2.25. The minimum absolute atomic E-state index is 0.210. The van der Waals surface area contributed by atoms with Crippen molar-refractivity contribution < 1.29 is 14.6 Å². The monoisotopic (exact) mass is 288 g/mol. The first kappa shape index (κ1) is 13.7. The van der Waals surface area contributed by atoms with E-state index in [1.807, 2.05) is 41.4 Å². The Morgan fingerprint density at radius 2 is 2.19 bits per heavy atom. The fourth-order valence-electron chi connectivity index (χ4n) is 2.34. The van der Waals surface area contributed by atoms with Gasteiger partial charge in [-0.2, -0.15) is 0 Å². The Bertz CT molecular complexity index is 614. The number of aromatic nitrogens is 3. The first-order valence-electron chi connectivity index (χ1n) is 6.75. The van der Waals surface area contributed by atoms with Gasteiger partial charge in [0.15, 0.2) is 0 Å². The lowest BCUT2D eigenvalue weighted by Gasteiger charge is -2.31. The maximum absolute atomic E-state index is 11.2. The molecule has 2 heterocycles. The van der Waals surface area contributed by atoms with Crippen LogP contribution in [-0.2, 0) is 16.1 Å². The molecule has 0 radical (unpaired) electrons. The van der Waals surface area contributed by atoms with Crippen molar-refractivity contribution >= 4 is 5.97 Å². The van der Waals surface area contributed by atoms with Gasteiger partial charge in [-0.25, -0.2) is 4.68 Å². The molecule has 3 rings (SSSR count). The van der Waals surface area contributed by atoms with Crippen LogP contribution >= 0.6 is 0 Å². The van der Waals surface area contributed by atoms with Gasteiger partial charge in [-0.3, -0.25) is 9.69 Å². The molecule has 1 aromatic heterocycles. The van der Waals surface area contributed by atoms with Gasteiger partial charge in [-0.15, -0.1) is 5.10 Å². The molecular formula is C14H16N4O3. The predicted molar refractivity (Wildman–Crippen MR) is 74.0 cm³/mol. The Kier molecular flexibility index (Phi) is 3.94. The predicted octanol–water partition coefficient (Wildman–Crippen LogP) is 0.553. The van der Waals surface area contributed by atoms with E-state index in [2.05, 4.69) is 10.3 Å². The van der Waals surface area contributed by atoms with Crippen LogP contribution in [0.5, 0.6) is 0 Å². The number of para-hydroxylation sites is 1. The molecule has 1 atom stereocenters. The first-order chi connectivity index (χ1) is 10.2. The number of carboxylic acids is 1. The van der Waals surface area contributed by atoms with Gasteiger partial charge >= 0.3 is 5.97 Å². The topological polar surface area (TPSA) is 80.5 Å². The number of carbonyl (C=O) groups is 1. The second kappa shape index (κ2) is 6.02. The third kappa shape index (κ3) is 3.09. The molecule has 1 saturated heterocycles. The van der Waals surface area contributed by atoms with Crippen molar-refractivity contribution in [2.45, 2.75) is 12.6 Å². The van der Waals surface area contributed by atoms with Crippen molar-refractivity contribution in [2.24, 2.45) is 0 Å². The third-order valence-corrected chi connectivity index (χ3v) is 3.45. The molecule has 1 N–H and O–H groups in total. The highest BCUT2D eigenvalue weighted by atomic mass is 16.5. The lowest BCUT2D eigenvalue weighted by molar-refractivity contribution is -0.150. The maximum atomic E-state index is 11.2. The summed E-state index contributed by atoms with van der Waals surface area (Å²) in [7, 11) is 0.